The van der Waals surface area contributed by atoms with Crippen molar-refractivity contribution in [2.45, 2.75) is 20.3 Å². The fraction of sp³-hybridized carbons (Fsp3) is 0.571. The minimum Gasteiger partial charge on any atom is -0.497 e. The van der Waals surface area contributed by atoms with Crippen LogP contribution in [0.2, 0.25) is 0 Å². The third-order valence-corrected chi connectivity index (χ3v) is 4.64. The van der Waals surface area contributed by atoms with Crippen molar-refractivity contribution in [3.8, 4) is 5.75 Å². The first-order chi connectivity index (χ1) is 9.90. The standard InChI is InChI=1S/C14H25N3O3S/c1-5-15-9-6-10-17(3)21(18,19)16-14-8-7-13(20-4)11-12(14)2/h7-8,11,15-16H,5-6,9-10H2,1-4H3. The molecule has 7 heteroatoms. The molecule has 0 fully saturated rings. The average molecular weight is 315 g/mol. The van der Waals surface area contributed by atoms with E-state index in [1.807, 2.05) is 13.8 Å². The number of hydrogen-bond acceptors (Lipinski definition) is 4. The molecule has 0 aliphatic heterocycles. The molecule has 0 amide bonds. The molecule has 0 aliphatic rings. The molecule has 0 spiro atoms. The summed E-state index contributed by atoms with van der Waals surface area (Å²) in [4.78, 5) is 0. The van der Waals surface area contributed by atoms with Gasteiger partial charge in [-0.2, -0.15) is 12.7 Å². The summed E-state index contributed by atoms with van der Waals surface area (Å²) in [6, 6.07) is 5.23. The Morgan fingerprint density at radius 3 is 2.62 bits per heavy atom. The van der Waals surface area contributed by atoms with Crippen molar-refractivity contribution in [2.75, 3.05) is 38.5 Å². The number of benzene rings is 1. The lowest BCUT2D eigenvalue weighted by Crippen LogP contribution is -2.34. The zero-order valence-corrected chi connectivity index (χ0v) is 14.0. The molecule has 0 aliphatic carbocycles. The number of ether oxygens (including phenoxy) is 1. The molecule has 0 atom stereocenters. The molecule has 0 radical (unpaired) electrons. The van der Waals surface area contributed by atoms with Gasteiger partial charge in [-0.3, -0.25) is 4.72 Å². The summed E-state index contributed by atoms with van der Waals surface area (Å²) in [5, 5.41) is 3.17. The summed E-state index contributed by atoms with van der Waals surface area (Å²) in [5.74, 6) is 0.703. The Bertz CT molecular complexity index is 546. The average Bonchev–Trinajstić information content (AvgIpc) is 2.45. The van der Waals surface area contributed by atoms with Crippen molar-refractivity contribution in [1.82, 2.24) is 9.62 Å². The summed E-state index contributed by atoms with van der Waals surface area (Å²) in [6.07, 6.45) is 0.771. The monoisotopic (exact) mass is 315 g/mol. The van der Waals surface area contributed by atoms with Gasteiger partial charge in [0, 0.05) is 13.6 Å². The van der Waals surface area contributed by atoms with Crippen molar-refractivity contribution in [2.24, 2.45) is 0 Å². The Balaban J connectivity index is 2.67. The molecule has 0 heterocycles. The topological polar surface area (TPSA) is 70.7 Å². The third kappa shape index (κ3) is 5.53. The first-order valence-electron chi connectivity index (χ1n) is 7.00. The highest BCUT2D eigenvalue weighted by molar-refractivity contribution is 7.90. The van der Waals surface area contributed by atoms with Gasteiger partial charge in [0.25, 0.3) is 0 Å². The van der Waals surface area contributed by atoms with E-state index in [4.69, 9.17) is 4.74 Å². The molecular weight excluding hydrogens is 290 g/mol. The molecule has 1 rings (SSSR count). The molecule has 21 heavy (non-hydrogen) atoms. The number of nitrogens with zero attached hydrogens (tertiary/aromatic N) is 1. The van der Waals surface area contributed by atoms with Gasteiger partial charge in [-0.15, -0.1) is 0 Å². The lowest BCUT2D eigenvalue weighted by Gasteiger charge is -2.19. The summed E-state index contributed by atoms with van der Waals surface area (Å²) in [5.41, 5.74) is 1.38. The molecular formula is C14H25N3O3S. The van der Waals surface area contributed by atoms with Gasteiger partial charge in [0.15, 0.2) is 0 Å². The van der Waals surface area contributed by atoms with Crippen LogP contribution >= 0.6 is 0 Å². The van der Waals surface area contributed by atoms with Crippen LogP contribution in [0.4, 0.5) is 5.69 Å². The molecule has 1 aromatic rings. The van der Waals surface area contributed by atoms with E-state index in [-0.39, 0.29) is 0 Å². The van der Waals surface area contributed by atoms with Crippen LogP contribution in [0.25, 0.3) is 0 Å². The Morgan fingerprint density at radius 1 is 1.33 bits per heavy atom. The fourth-order valence-corrected chi connectivity index (χ4v) is 2.85. The van der Waals surface area contributed by atoms with E-state index in [1.54, 1.807) is 32.4 Å². The van der Waals surface area contributed by atoms with E-state index in [1.165, 1.54) is 4.31 Å². The van der Waals surface area contributed by atoms with Gasteiger partial charge >= 0.3 is 10.2 Å². The molecule has 0 bridgehead atoms. The molecule has 120 valence electrons. The van der Waals surface area contributed by atoms with E-state index in [2.05, 4.69) is 10.0 Å². The molecule has 0 saturated carbocycles. The minimum absolute atomic E-state index is 0.470. The summed E-state index contributed by atoms with van der Waals surface area (Å²) in [7, 11) is -0.371. The minimum atomic E-state index is -3.53. The smallest absolute Gasteiger partial charge is 0.301 e. The Labute approximate surface area is 127 Å². The van der Waals surface area contributed by atoms with E-state index >= 15 is 0 Å². The molecule has 0 unspecified atom stereocenters. The highest BCUT2D eigenvalue weighted by atomic mass is 32.2. The van der Waals surface area contributed by atoms with Gasteiger partial charge in [-0.1, -0.05) is 6.92 Å². The SMILES string of the molecule is CCNCCCN(C)S(=O)(=O)Nc1ccc(OC)cc1C. The second-order valence-electron chi connectivity index (χ2n) is 4.82. The summed E-state index contributed by atoms with van der Waals surface area (Å²) in [6.45, 7) is 6.02. The predicted octanol–water partition coefficient (Wildman–Crippen LogP) is 1.59. The zero-order valence-electron chi connectivity index (χ0n) is 13.1. The number of hydrogen-bond donors (Lipinski definition) is 2. The van der Waals surface area contributed by atoms with Gasteiger partial charge in [0.1, 0.15) is 5.75 Å². The fourth-order valence-electron chi connectivity index (χ4n) is 1.82. The third-order valence-electron chi connectivity index (χ3n) is 3.16. The predicted molar refractivity (Wildman–Crippen MR) is 86.1 cm³/mol. The van der Waals surface area contributed by atoms with Crippen molar-refractivity contribution in [1.29, 1.82) is 0 Å². The first-order valence-corrected chi connectivity index (χ1v) is 8.44. The van der Waals surface area contributed by atoms with Crippen LogP contribution in [0.5, 0.6) is 5.75 Å². The molecule has 0 aromatic heterocycles. The number of nitrogens with one attached hydrogen (secondary N) is 2. The van der Waals surface area contributed by atoms with Crippen LogP contribution in [0.1, 0.15) is 18.9 Å². The van der Waals surface area contributed by atoms with Gasteiger partial charge in [0.2, 0.25) is 0 Å². The van der Waals surface area contributed by atoms with Gasteiger partial charge in [0.05, 0.1) is 12.8 Å². The zero-order chi connectivity index (χ0) is 15.9. The van der Waals surface area contributed by atoms with E-state index in [9.17, 15) is 8.42 Å². The maximum absolute atomic E-state index is 12.2. The van der Waals surface area contributed by atoms with Crippen molar-refractivity contribution in [3.63, 3.8) is 0 Å². The highest BCUT2D eigenvalue weighted by Gasteiger charge is 2.18. The van der Waals surface area contributed by atoms with Crippen molar-refractivity contribution in [3.05, 3.63) is 23.8 Å². The van der Waals surface area contributed by atoms with Crippen molar-refractivity contribution >= 4 is 15.9 Å². The quantitative estimate of drug-likeness (QED) is 0.679. The second kappa shape index (κ2) is 8.21. The molecule has 0 saturated heterocycles. The van der Waals surface area contributed by atoms with Crippen LogP contribution in [-0.2, 0) is 10.2 Å². The number of anilines is 1. The molecule has 1 aromatic carbocycles. The van der Waals surface area contributed by atoms with Crippen LogP contribution in [0.3, 0.4) is 0 Å². The molecule has 6 nitrogen and oxygen atoms in total. The van der Waals surface area contributed by atoms with Gasteiger partial charge < -0.3 is 10.1 Å². The van der Waals surface area contributed by atoms with Gasteiger partial charge in [-0.05, 0) is 50.2 Å². The number of rotatable bonds is 9. The first kappa shape index (κ1) is 17.7. The number of aryl methyl sites for hydroxylation is 1. The number of methoxy groups -OCH3 is 1. The van der Waals surface area contributed by atoms with Crippen LogP contribution in [-0.4, -0.2) is 46.5 Å². The van der Waals surface area contributed by atoms with Crippen LogP contribution < -0.4 is 14.8 Å². The Hall–Kier alpha value is -1.31. The maximum atomic E-state index is 12.2. The highest BCUT2D eigenvalue weighted by Crippen LogP contribution is 2.22. The second-order valence-corrected chi connectivity index (χ2v) is 6.59. The Morgan fingerprint density at radius 2 is 2.05 bits per heavy atom. The van der Waals surface area contributed by atoms with Crippen molar-refractivity contribution < 1.29 is 13.2 Å². The van der Waals surface area contributed by atoms with E-state index in [0.29, 0.717) is 18.0 Å². The van der Waals surface area contributed by atoms with E-state index < -0.39 is 10.2 Å². The van der Waals surface area contributed by atoms with Crippen LogP contribution in [0.15, 0.2) is 18.2 Å². The lowest BCUT2D eigenvalue weighted by atomic mass is 10.2. The normalized spacial score (nSPS) is 11.7. The Kier molecular flexibility index (Phi) is 6.94. The summed E-state index contributed by atoms with van der Waals surface area (Å²) >= 11 is 0. The molecule has 2 N–H and O–H groups in total. The van der Waals surface area contributed by atoms with Gasteiger partial charge in [-0.25, -0.2) is 0 Å². The van der Waals surface area contributed by atoms with Crippen LogP contribution in [0, 0.1) is 6.92 Å². The largest absolute Gasteiger partial charge is 0.497 e. The lowest BCUT2D eigenvalue weighted by molar-refractivity contribution is 0.414. The maximum Gasteiger partial charge on any atom is 0.301 e. The van der Waals surface area contributed by atoms with E-state index in [0.717, 1.165) is 25.1 Å². The summed E-state index contributed by atoms with van der Waals surface area (Å²) < 4.78 is 33.5.